The summed E-state index contributed by atoms with van der Waals surface area (Å²) in [5.41, 5.74) is 2.53. The average molecular weight is 720 g/mol. The second-order valence-corrected chi connectivity index (χ2v) is 14.7. The first-order valence-electron chi connectivity index (χ1n) is 14.6. The van der Waals surface area contributed by atoms with Crippen molar-refractivity contribution in [1.29, 1.82) is 0 Å². The highest BCUT2D eigenvalue weighted by molar-refractivity contribution is 7.94. The number of sulfonamides is 1. The lowest BCUT2D eigenvalue weighted by molar-refractivity contribution is -0.153. The number of nitrogens with one attached hydrogen (secondary N) is 1. The molecular formula is C32H29ClF3N5O5S2. The minimum Gasteiger partial charge on any atom is -0.484 e. The van der Waals surface area contributed by atoms with Crippen LogP contribution in [0, 0.1) is 0 Å². The number of pyridine rings is 1. The molecule has 1 saturated heterocycles. The average Bonchev–Trinajstić information content (AvgIpc) is 3.64. The van der Waals surface area contributed by atoms with Gasteiger partial charge in [0.1, 0.15) is 21.4 Å². The number of thiophene rings is 1. The van der Waals surface area contributed by atoms with Gasteiger partial charge in [-0.1, -0.05) is 23.7 Å². The Hall–Kier alpha value is -4.31. The molecule has 0 bridgehead atoms. The van der Waals surface area contributed by atoms with Crippen LogP contribution >= 0.6 is 22.9 Å². The highest BCUT2D eigenvalue weighted by Crippen LogP contribution is 2.30. The summed E-state index contributed by atoms with van der Waals surface area (Å²) in [6.07, 6.45) is -3.03. The van der Waals surface area contributed by atoms with E-state index in [1.54, 1.807) is 30.3 Å². The molecule has 2 aromatic carbocycles. The summed E-state index contributed by atoms with van der Waals surface area (Å²) in [7, 11) is -1.98. The monoisotopic (exact) mass is 719 g/mol. The fraction of sp³-hybridized carbons (Fsp3) is 0.250. The maximum Gasteiger partial charge on any atom is 0.422 e. The van der Waals surface area contributed by atoms with E-state index < -0.39 is 22.8 Å². The second-order valence-electron chi connectivity index (χ2n) is 11.1. The van der Waals surface area contributed by atoms with Gasteiger partial charge in [0.15, 0.2) is 6.61 Å². The smallest absolute Gasteiger partial charge is 0.422 e. The molecule has 6 rings (SSSR count). The van der Waals surface area contributed by atoms with Gasteiger partial charge >= 0.3 is 6.18 Å². The molecule has 252 valence electrons. The number of halogens is 4. The second kappa shape index (κ2) is 13.7. The number of hydrogen-bond acceptors (Lipinski definition) is 8. The fourth-order valence-corrected chi connectivity index (χ4v) is 7.76. The number of nitrogens with zero attached hydrogens (tertiary/aromatic N) is 4. The molecule has 4 heterocycles. The van der Waals surface area contributed by atoms with Crippen LogP contribution in [-0.4, -0.2) is 72.6 Å². The lowest BCUT2D eigenvalue weighted by Gasteiger charge is -2.34. The van der Waals surface area contributed by atoms with E-state index in [-0.39, 0.29) is 27.4 Å². The largest absolute Gasteiger partial charge is 0.484 e. The Kier molecular flexibility index (Phi) is 9.56. The van der Waals surface area contributed by atoms with Crippen LogP contribution in [0.1, 0.15) is 16.1 Å². The Morgan fingerprint density at radius 3 is 2.35 bits per heavy atom. The first-order valence-corrected chi connectivity index (χ1v) is 17.3. The molecule has 0 aliphatic carbocycles. The molecule has 1 amide bonds. The van der Waals surface area contributed by atoms with Crippen molar-refractivity contribution in [3.63, 3.8) is 0 Å². The van der Waals surface area contributed by atoms with E-state index in [0.717, 1.165) is 27.8 Å². The van der Waals surface area contributed by atoms with Crippen LogP contribution in [0.2, 0.25) is 4.34 Å². The molecule has 1 N–H and O–H groups in total. The third kappa shape index (κ3) is 8.03. The number of carbonyl (C=O) groups excluding carboxylic acids is 1. The van der Waals surface area contributed by atoms with Gasteiger partial charge in [0.2, 0.25) is 5.88 Å². The van der Waals surface area contributed by atoms with Gasteiger partial charge in [0.05, 0.1) is 21.7 Å². The van der Waals surface area contributed by atoms with E-state index in [0.29, 0.717) is 48.5 Å². The van der Waals surface area contributed by atoms with Crippen molar-refractivity contribution >= 4 is 55.5 Å². The zero-order valence-corrected chi connectivity index (χ0v) is 27.8. The quantitative estimate of drug-likeness (QED) is 0.170. The number of aromatic nitrogens is 2. The summed E-state index contributed by atoms with van der Waals surface area (Å²) < 4.78 is 77.7. The molecule has 48 heavy (non-hydrogen) atoms. The van der Waals surface area contributed by atoms with Gasteiger partial charge < -0.3 is 18.9 Å². The van der Waals surface area contributed by atoms with Gasteiger partial charge in [0, 0.05) is 57.3 Å². The Labute approximate surface area is 283 Å². The van der Waals surface area contributed by atoms with E-state index in [4.69, 9.17) is 21.1 Å². The summed E-state index contributed by atoms with van der Waals surface area (Å²) in [5, 5.41) is 0.862. The van der Waals surface area contributed by atoms with Crippen LogP contribution in [0.3, 0.4) is 0 Å². The van der Waals surface area contributed by atoms with E-state index >= 15 is 0 Å². The number of amides is 1. The third-order valence-electron chi connectivity index (χ3n) is 7.65. The highest BCUT2D eigenvalue weighted by atomic mass is 35.5. The number of fused-ring (bicyclic) bond motifs is 1. The molecule has 5 aromatic rings. The topological polar surface area (TPSA) is 106 Å². The molecular weight excluding hydrogens is 691 g/mol. The van der Waals surface area contributed by atoms with Gasteiger partial charge in [-0.25, -0.2) is 13.4 Å². The number of alkyl halides is 3. The van der Waals surface area contributed by atoms with Crippen molar-refractivity contribution in [3.05, 3.63) is 94.6 Å². The normalized spacial score (nSPS) is 14.3. The molecule has 0 atom stereocenters. The molecule has 0 spiro atoms. The van der Waals surface area contributed by atoms with Crippen LogP contribution < -0.4 is 14.2 Å². The van der Waals surface area contributed by atoms with Gasteiger partial charge in [-0.15, -0.1) is 11.3 Å². The lowest BCUT2D eigenvalue weighted by atomic mass is 10.2. The van der Waals surface area contributed by atoms with Gasteiger partial charge in [-0.3, -0.25) is 14.4 Å². The number of piperazine rings is 1. The molecule has 3 aromatic heterocycles. The maximum atomic E-state index is 13.5. The minimum absolute atomic E-state index is 0.0897. The van der Waals surface area contributed by atoms with Crippen molar-refractivity contribution in [1.82, 2.24) is 19.4 Å². The van der Waals surface area contributed by atoms with E-state index in [2.05, 4.69) is 14.6 Å². The highest BCUT2D eigenvalue weighted by Gasteiger charge is 2.28. The zero-order valence-electron chi connectivity index (χ0n) is 25.4. The maximum absolute atomic E-state index is 13.5. The van der Waals surface area contributed by atoms with Crippen molar-refractivity contribution in [2.45, 2.75) is 16.9 Å². The first kappa shape index (κ1) is 33.6. The summed E-state index contributed by atoms with van der Waals surface area (Å²) in [6, 6.07) is 19.9. The van der Waals surface area contributed by atoms with Crippen molar-refractivity contribution in [2.75, 3.05) is 37.5 Å². The third-order valence-corrected chi connectivity index (χ3v) is 10.8. The number of carbonyl (C=O) groups is 1. The van der Waals surface area contributed by atoms with E-state index in [9.17, 15) is 26.4 Å². The van der Waals surface area contributed by atoms with Crippen LogP contribution in [0.5, 0.6) is 17.4 Å². The number of hydrogen-bond donors (Lipinski definition) is 1. The number of anilines is 1. The van der Waals surface area contributed by atoms with Crippen molar-refractivity contribution < 1.29 is 35.9 Å². The Bertz CT molecular complexity index is 2030. The van der Waals surface area contributed by atoms with E-state index in [1.807, 2.05) is 34.7 Å². The van der Waals surface area contributed by atoms with Crippen LogP contribution in [0.15, 0.2) is 83.2 Å². The van der Waals surface area contributed by atoms with Crippen LogP contribution in [0.4, 0.5) is 18.9 Å². The molecule has 10 nitrogen and oxygen atoms in total. The molecule has 1 fully saturated rings. The molecule has 0 saturated carbocycles. The predicted molar refractivity (Wildman–Crippen MR) is 177 cm³/mol. The number of aryl methyl sites for hydroxylation is 1. The molecule has 1 aliphatic heterocycles. The summed E-state index contributed by atoms with van der Waals surface area (Å²) in [6.45, 7) is 1.63. The van der Waals surface area contributed by atoms with Gasteiger partial charge in [-0.05, 0) is 54.1 Å². The van der Waals surface area contributed by atoms with Gasteiger partial charge in [-0.2, -0.15) is 13.2 Å². The SMILES string of the molecule is Cn1c(C(=O)N2CCN(Cc3ccc(OCC(F)(F)F)cc3)CC2)cc2ccc(Oc3ccc(NS(=O)(=O)c4ccc(Cl)s4)cn3)cc21. The first-order chi connectivity index (χ1) is 22.8. The van der Waals surface area contributed by atoms with Crippen LogP contribution in [-0.2, 0) is 23.6 Å². The summed E-state index contributed by atoms with van der Waals surface area (Å²) in [5.74, 6) is 0.817. The number of benzene rings is 2. The molecule has 0 unspecified atom stereocenters. The summed E-state index contributed by atoms with van der Waals surface area (Å²) in [4.78, 5) is 21.7. The number of ether oxygens (including phenoxy) is 2. The minimum atomic E-state index is -4.39. The Balaban J connectivity index is 1.04. The fourth-order valence-electron chi connectivity index (χ4n) is 5.23. The lowest BCUT2D eigenvalue weighted by Crippen LogP contribution is -2.48. The standard InChI is InChI=1S/C32H29ClF3N5O5S2/c1-39-26-17-25(46-29-10-5-23(18-37-29)38-48(43,44)30-11-9-28(33)47-30)8-4-22(26)16-27(39)31(42)41-14-12-40(13-15-41)19-21-2-6-24(7-3-21)45-20-32(34,35)36/h2-11,16-18,38H,12-15,19-20H2,1H3. The Morgan fingerprint density at radius 1 is 0.979 bits per heavy atom. The molecule has 16 heteroatoms. The predicted octanol–water partition coefficient (Wildman–Crippen LogP) is 6.78. The Morgan fingerprint density at radius 2 is 1.71 bits per heavy atom. The molecule has 0 radical (unpaired) electrons. The zero-order chi connectivity index (χ0) is 34.1. The van der Waals surface area contributed by atoms with Gasteiger partial charge in [0.25, 0.3) is 15.9 Å². The van der Waals surface area contributed by atoms with Crippen molar-refractivity contribution in [3.8, 4) is 17.4 Å². The molecule has 1 aliphatic rings. The van der Waals surface area contributed by atoms with Crippen LogP contribution in [0.25, 0.3) is 10.9 Å². The summed E-state index contributed by atoms with van der Waals surface area (Å²) >= 11 is 6.81. The van der Waals surface area contributed by atoms with E-state index in [1.165, 1.54) is 30.5 Å². The number of rotatable bonds is 10. The van der Waals surface area contributed by atoms with Crippen molar-refractivity contribution in [2.24, 2.45) is 7.05 Å².